The number of piperidine rings is 1. The predicted octanol–water partition coefficient (Wildman–Crippen LogP) is 3.14. The lowest BCUT2D eigenvalue weighted by atomic mass is 9.78. The van der Waals surface area contributed by atoms with Crippen LogP contribution in [0.1, 0.15) is 38.8 Å². The standard InChI is InChI=1S/C15H25N3/c1-4-15(2)6-9-18(10-7-15)12-14-11-13(16-3)5-8-17-14/h5,8,11H,4,6-7,9-10,12H2,1-3H3,(H,16,17). The van der Waals surface area contributed by atoms with Gasteiger partial charge in [0.05, 0.1) is 5.69 Å². The van der Waals surface area contributed by atoms with Gasteiger partial charge in [-0.15, -0.1) is 0 Å². The van der Waals surface area contributed by atoms with Crippen LogP contribution in [0.4, 0.5) is 5.69 Å². The van der Waals surface area contributed by atoms with Gasteiger partial charge in [-0.2, -0.15) is 0 Å². The zero-order chi connectivity index (χ0) is 13.0. The lowest BCUT2D eigenvalue weighted by Gasteiger charge is -2.38. The lowest BCUT2D eigenvalue weighted by molar-refractivity contribution is 0.109. The molecule has 1 saturated heterocycles. The summed E-state index contributed by atoms with van der Waals surface area (Å²) in [4.78, 5) is 6.98. The van der Waals surface area contributed by atoms with Crippen LogP contribution in [-0.2, 0) is 6.54 Å². The Balaban J connectivity index is 1.91. The predicted molar refractivity (Wildman–Crippen MR) is 76.7 cm³/mol. The molecule has 0 saturated carbocycles. The maximum Gasteiger partial charge on any atom is 0.0564 e. The fraction of sp³-hybridized carbons (Fsp3) is 0.667. The van der Waals surface area contributed by atoms with E-state index in [0.717, 1.165) is 12.2 Å². The van der Waals surface area contributed by atoms with Crippen LogP contribution in [0.25, 0.3) is 0 Å². The maximum atomic E-state index is 4.46. The van der Waals surface area contributed by atoms with Crippen molar-refractivity contribution in [1.82, 2.24) is 9.88 Å². The van der Waals surface area contributed by atoms with Gasteiger partial charge in [0.25, 0.3) is 0 Å². The average Bonchev–Trinajstić information content (AvgIpc) is 2.42. The summed E-state index contributed by atoms with van der Waals surface area (Å²) in [5.74, 6) is 0. The van der Waals surface area contributed by atoms with Gasteiger partial charge in [-0.25, -0.2) is 0 Å². The Hall–Kier alpha value is -1.09. The Morgan fingerprint density at radius 2 is 2.11 bits per heavy atom. The number of likely N-dealkylation sites (tertiary alicyclic amines) is 1. The summed E-state index contributed by atoms with van der Waals surface area (Å²) >= 11 is 0. The molecule has 0 radical (unpaired) electrons. The Morgan fingerprint density at radius 1 is 1.39 bits per heavy atom. The van der Waals surface area contributed by atoms with E-state index >= 15 is 0 Å². The van der Waals surface area contributed by atoms with Crippen LogP contribution < -0.4 is 5.32 Å². The third kappa shape index (κ3) is 3.22. The zero-order valence-corrected chi connectivity index (χ0v) is 11.9. The molecule has 2 heterocycles. The molecule has 1 fully saturated rings. The van der Waals surface area contributed by atoms with Gasteiger partial charge in [-0.05, 0) is 43.5 Å². The third-order valence-electron chi connectivity index (χ3n) is 4.41. The Kier molecular flexibility index (Phi) is 4.23. The fourth-order valence-electron chi connectivity index (χ4n) is 2.55. The van der Waals surface area contributed by atoms with Crippen LogP contribution in [0, 0.1) is 5.41 Å². The minimum absolute atomic E-state index is 0.566. The van der Waals surface area contributed by atoms with E-state index in [1.807, 2.05) is 19.3 Å². The van der Waals surface area contributed by atoms with Gasteiger partial charge in [0.2, 0.25) is 0 Å². The molecular formula is C15H25N3. The van der Waals surface area contributed by atoms with Crippen molar-refractivity contribution < 1.29 is 0 Å². The molecule has 100 valence electrons. The summed E-state index contributed by atoms with van der Waals surface area (Å²) < 4.78 is 0. The first-order valence-corrected chi connectivity index (χ1v) is 7.00. The molecule has 18 heavy (non-hydrogen) atoms. The molecule has 0 aromatic carbocycles. The minimum Gasteiger partial charge on any atom is -0.388 e. The van der Waals surface area contributed by atoms with Crippen molar-refractivity contribution in [3.05, 3.63) is 24.0 Å². The van der Waals surface area contributed by atoms with Crippen molar-refractivity contribution in [2.24, 2.45) is 5.41 Å². The summed E-state index contributed by atoms with van der Waals surface area (Å²) in [5, 5.41) is 3.17. The van der Waals surface area contributed by atoms with E-state index in [1.54, 1.807) is 0 Å². The van der Waals surface area contributed by atoms with Gasteiger partial charge in [0, 0.05) is 25.5 Å². The number of pyridine rings is 1. The number of rotatable bonds is 4. The van der Waals surface area contributed by atoms with Crippen molar-refractivity contribution in [2.75, 3.05) is 25.5 Å². The van der Waals surface area contributed by atoms with E-state index in [1.165, 1.54) is 38.0 Å². The van der Waals surface area contributed by atoms with Crippen LogP contribution in [0.15, 0.2) is 18.3 Å². The van der Waals surface area contributed by atoms with Crippen LogP contribution in [0.5, 0.6) is 0 Å². The van der Waals surface area contributed by atoms with Crippen LogP contribution in [0.2, 0.25) is 0 Å². The molecule has 1 aromatic rings. The van der Waals surface area contributed by atoms with Gasteiger partial charge in [-0.1, -0.05) is 20.3 Å². The third-order valence-corrected chi connectivity index (χ3v) is 4.41. The number of anilines is 1. The first-order chi connectivity index (χ1) is 8.65. The van der Waals surface area contributed by atoms with E-state index in [0.29, 0.717) is 5.41 Å². The normalized spacial score (nSPS) is 19.7. The zero-order valence-electron chi connectivity index (χ0n) is 11.9. The molecule has 0 atom stereocenters. The molecule has 0 spiro atoms. The Labute approximate surface area is 111 Å². The van der Waals surface area contributed by atoms with Crippen molar-refractivity contribution in [2.45, 2.75) is 39.7 Å². The highest BCUT2D eigenvalue weighted by Crippen LogP contribution is 2.34. The number of nitrogens with zero attached hydrogens (tertiary/aromatic N) is 2. The highest BCUT2D eigenvalue weighted by Gasteiger charge is 2.28. The summed E-state index contributed by atoms with van der Waals surface area (Å²) in [6.45, 7) is 8.12. The number of nitrogens with one attached hydrogen (secondary N) is 1. The molecule has 0 aliphatic carbocycles. The summed E-state index contributed by atoms with van der Waals surface area (Å²) in [5.41, 5.74) is 2.88. The molecule has 0 unspecified atom stereocenters. The molecule has 2 rings (SSSR count). The molecule has 0 amide bonds. The summed E-state index contributed by atoms with van der Waals surface area (Å²) in [7, 11) is 1.95. The summed E-state index contributed by atoms with van der Waals surface area (Å²) in [6.07, 6.45) is 5.82. The molecule has 1 N–H and O–H groups in total. The second kappa shape index (κ2) is 5.70. The minimum atomic E-state index is 0.566. The maximum absolute atomic E-state index is 4.46. The van der Waals surface area contributed by atoms with Gasteiger partial charge in [0.15, 0.2) is 0 Å². The highest BCUT2D eigenvalue weighted by molar-refractivity contribution is 5.42. The molecule has 1 aliphatic heterocycles. The number of hydrogen-bond acceptors (Lipinski definition) is 3. The van der Waals surface area contributed by atoms with Crippen LogP contribution in [-0.4, -0.2) is 30.0 Å². The van der Waals surface area contributed by atoms with E-state index < -0.39 is 0 Å². The number of aromatic nitrogens is 1. The molecule has 3 heteroatoms. The first kappa shape index (κ1) is 13.3. The largest absolute Gasteiger partial charge is 0.388 e. The van der Waals surface area contributed by atoms with Crippen molar-refractivity contribution >= 4 is 5.69 Å². The topological polar surface area (TPSA) is 28.2 Å². The second-order valence-corrected chi connectivity index (χ2v) is 5.73. The van der Waals surface area contributed by atoms with Crippen molar-refractivity contribution in [1.29, 1.82) is 0 Å². The summed E-state index contributed by atoms with van der Waals surface area (Å²) in [6, 6.07) is 4.15. The quantitative estimate of drug-likeness (QED) is 0.886. The molecule has 1 aromatic heterocycles. The SMILES string of the molecule is CCC1(C)CCN(Cc2cc(NC)ccn2)CC1. The smallest absolute Gasteiger partial charge is 0.0564 e. The molecule has 1 aliphatic rings. The Morgan fingerprint density at radius 3 is 2.72 bits per heavy atom. The molecule has 3 nitrogen and oxygen atoms in total. The van der Waals surface area contributed by atoms with Crippen LogP contribution >= 0.6 is 0 Å². The molecular weight excluding hydrogens is 222 g/mol. The van der Waals surface area contributed by atoms with Gasteiger partial charge >= 0.3 is 0 Å². The Bertz CT molecular complexity index is 381. The average molecular weight is 247 g/mol. The van der Waals surface area contributed by atoms with Crippen LogP contribution in [0.3, 0.4) is 0 Å². The van der Waals surface area contributed by atoms with Crippen molar-refractivity contribution in [3.63, 3.8) is 0 Å². The molecule has 0 bridgehead atoms. The second-order valence-electron chi connectivity index (χ2n) is 5.73. The monoisotopic (exact) mass is 247 g/mol. The van der Waals surface area contributed by atoms with E-state index in [9.17, 15) is 0 Å². The first-order valence-electron chi connectivity index (χ1n) is 7.00. The fourth-order valence-corrected chi connectivity index (χ4v) is 2.55. The van der Waals surface area contributed by atoms with E-state index in [4.69, 9.17) is 0 Å². The van der Waals surface area contributed by atoms with Crippen molar-refractivity contribution in [3.8, 4) is 0 Å². The van der Waals surface area contributed by atoms with E-state index in [-0.39, 0.29) is 0 Å². The van der Waals surface area contributed by atoms with E-state index in [2.05, 4.69) is 35.1 Å². The lowest BCUT2D eigenvalue weighted by Crippen LogP contribution is -2.38. The highest BCUT2D eigenvalue weighted by atomic mass is 15.1. The number of hydrogen-bond donors (Lipinski definition) is 1. The van der Waals surface area contributed by atoms with Gasteiger partial charge in [0.1, 0.15) is 0 Å². The van der Waals surface area contributed by atoms with Gasteiger partial charge in [-0.3, -0.25) is 9.88 Å². The van der Waals surface area contributed by atoms with Gasteiger partial charge < -0.3 is 5.32 Å².